The summed E-state index contributed by atoms with van der Waals surface area (Å²) in [6.07, 6.45) is 1.50. The van der Waals surface area contributed by atoms with Crippen LogP contribution in [0.15, 0.2) is 0 Å². The van der Waals surface area contributed by atoms with Gasteiger partial charge in [0.25, 0.3) is 0 Å². The lowest BCUT2D eigenvalue weighted by atomic mass is 10.1. The quantitative estimate of drug-likeness (QED) is 0.623. The van der Waals surface area contributed by atoms with Crippen molar-refractivity contribution >= 4 is 0 Å². The predicted octanol–water partition coefficient (Wildman–Crippen LogP) is 0.790. The molecule has 0 aliphatic carbocycles. The lowest BCUT2D eigenvalue weighted by Crippen LogP contribution is -2.36. The van der Waals surface area contributed by atoms with Crippen molar-refractivity contribution in [1.82, 2.24) is 5.32 Å². The normalized spacial score (nSPS) is 29.5. The molecule has 3 nitrogen and oxygen atoms in total. The second-order valence-corrected chi connectivity index (χ2v) is 3.12. The molecule has 72 valence electrons. The van der Waals surface area contributed by atoms with Crippen LogP contribution in [-0.4, -0.2) is 38.5 Å². The summed E-state index contributed by atoms with van der Waals surface area (Å²) in [7, 11) is 0. The molecular formula is C9H19NO2. The first kappa shape index (κ1) is 9.96. The highest BCUT2D eigenvalue weighted by atomic mass is 16.5. The van der Waals surface area contributed by atoms with Gasteiger partial charge in [-0.15, -0.1) is 0 Å². The maximum absolute atomic E-state index is 5.42. The molecule has 1 fully saturated rings. The van der Waals surface area contributed by atoms with Crippen LogP contribution in [0.5, 0.6) is 0 Å². The predicted molar refractivity (Wildman–Crippen MR) is 48.3 cm³/mol. The van der Waals surface area contributed by atoms with Gasteiger partial charge in [-0.3, -0.25) is 0 Å². The van der Waals surface area contributed by atoms with Gasteiger partial charge in [0.1, 0.15) is 0 Å². The maximum atomic E-state index is 5.42. The van der Waals surface area contributed by atoms with Crippen LogP contribution in [-0.2, 0) is 9.47 Å². The minimum atomic E-state index is 0.367. The minimum Gasteiger partial charge on any atom is -0.380 e. The van der Waals surface area contributed by atoms with Crippen molar-refractivity contribution in [2.24, 2.45) is 0 Å². The van der Waals surface area contributed by atoms with E-state index in [0.29, 0.717) is 12.1 Å². The molecule has 0 radical (unpaired) electrons. The van der Waals surface area contributed by atoms with Gasteiger partial charge in [-0.25, -0.2) is 0 Å². The number of hydrogen-bond acceptors (Lipinski definition) is 3. The summed E-state index contributed by atoms with van der Waals surface area (Å²) < 4.78 is 10.6. The molecule has 0 unspecified atom stereocenters. The Kier molecular flexibility index (Phi) is 4.58. The maximum Gasteiger partial charge on any atom is 0.0700 e. The fraction of sp³-hybridized carbons (Fsp3) is 1.00. The number of ether oxygens (including phenoxy) is 2. The second kappa shape index (κ2) is 5.51. The lowest BCUT2D eigenvalue weighted by molar-refractivity contribution is 0.107. The van der Waals surface area contributed by atoms with Crippen molar-refractivity contribution in [3.05, 3.63) is 0 Å². The van der Waals surface area contributed by atoms with Gasteiger partial charge in [-0.05, 0) is 20.3 Å². The molecule has 1 N–H and O–H groups in total. The van der Waals surface area contributed by atoms with Gasteiger partial charge < -0.3 is 14.8 Å². The summed E-state index contributed by atoms with van der Waals surface area (Å²) in [6.45, 7) is 7.57. The first-order valence-electron chi connectivity index (χ1n) is 4.77. The summed E-state index contributed by atoms with van der Waals surface area (Å²) in [5.74, 6) is 0. The Bertz CT molecular complexity index is 119. The molecule has 1 aliphatic rings. The van der Waals surface area contributed by atoms with Crippen molar-refractivity contribution in [2.75, 3.05) is 26.4 Å². The van der Waals surface area contributed by atoms with Gasteiger partial charge in [0.2, 0.25) is 0 Å². The van der Waals surface area contributed by atoms with Crippen LogP contribution in [0, 0.1) is 0 Å². The number of nitrogens with one attached hydrogen (secondary N) is 1. The van der Waals surface area contributed by atoms with Crippen LogP contribution in [0.4, 0.5) is 0 Å². The minimum absolute atomic E-state index is 0.367. The fourth-order valence-electron chi connectivity index (χ4n) is 1.46. The standard InChI is InChI=1S/C9H19NO2/c1-3-11-7-5-10-9-4-6-12-8(9)2/h8-10H,3-7H2,1-2H3/t8-,9+/m1/s1. The SMILES string of the molecule is CCOCCN[C@H]1CCO[C@@H]1C. The average molecular weight is 173 g/mol. The van der Waals surface area contributed by atoms with Crippen LogP contribution in [0.1, 0.15) is 20.3 Å². The largest absolute Gasteiger partial charge is 0.380 e. The molecule has 1 heterocycles. The van der Waals surface area contributed by atoms with Crippen molar-refractivity contribution in [3.8, 4) is 0 Å². The molecule has 0 spiro atoms. The van der Waals surface area contributed by atoms with Crippen molar-refractivity contribution in [2.45, 2.75) is 32.4 Å². The topological polar surface area (TPSA) is 30.5 Å². The van der Waals surface area contributed by atoms with Crippen LogP contribution in [0.3, 0.4) is 0 Å². The highest BCUT2D eigenvalue weighted by Gasteiger charge is 2.22. The third kappa shape index (κ3) is 3.09. The molecule has 0 aromatic heterocycles. The average Bonchev–Trinajstić information content (AvgIpc) is 2.46. The molecule has 0 amide bonds. The molecule has 0 bridgehead atoms. The zero-order valence-electron chi connectivity index (χ0n) is 8.01. The molecule has 2 atom stereocenters. The zero-order chi connectivity index (χ0) is 8.81. The molecule has 3 heteroatoms. The van der Waals surface area contributed by atoms with E-state index in [-0.39, 0.29) is 0 Å². The molecule has 0 aromatic carbocycles. The van der Waals surface area contributed by atoms with Crippen molar-refractivity contribution < 1.29 is 9.47 Å². The fourth-order valence-corrected chi connectivity index (χ4v) is 1.46. The highest BCUT2D eigenvalue weighted by Crippen LogP contribution is 2.11. The van der Waals surface area contributed by atoms with Crippen LogP contribution in [0.2, 0.25) is 0 Å². The van der Waals surface area contributed by atoms with Crippen molar-refractivity contribution in [1.29, 1.82) is 0 Å². The van der Waals surface area contributed by atoms with Gasteiger partial charge in [0.05, 0.1) is 12.7 Å². The van der Waals surface area contributed by atoms with E-state index in [1.807, 2.05) is 6.92 Å². The molecule has 1 aliphatic heterocycles. The summed E-state index contributed by atoms with van der Waals surface area (Å²) in [4.78, 5) is 0. The molecule has 0 saturated carbocycles. The Morgan fingerprint density at radius 1 is 1.58 bits per heavy atom. The lowest BCUT2D eigenvalue weighted by Gasteiger charge is -2.15. The van der Waals surface area contributed by atoms with E-state index >= 15 is 0 Å². The molecule has 0 aromatic rings. The Balaban J connectivity index is 1.98. The third-order valence-corrected chi connectivity index (χ3v) is 2.23. The van der Waals surface area contributed by atoms with Gasteiger partial charge in [0, 0.05) is 25.8 Å². The zero-order valence-corrected chi connectivity index (χ0v) is 8.01. The monoisotopic (exact) mass is 173 g/mol. The summed E-state index contributed by atoms with van der Waals surface area (Å²) in [5, 5.41) is 3.42. The van der Waals surface area contributed by atoms with Gasteiger partial charge in [-0.1, -0.05) is 0 Å². The van der Waals surface area contributed by atoms with E-state index in [4.69, 9.17) is 9.47 Å². The Morgan fingerprint density at radius 3 is 3.00 bits per heavy atom. The van der Waals surface area contributed by atoms with Gasteiger partial charge in [0.15, 0.2) is 0 Å². The van der Waals surface area contributed by atoms with E-state index < -0.39 is 0 Å². The van der Waals surface area contributed by atoms with E-state index in [1.54, 1.807) is 0 Å². The third-order valence-electron chi connectivity index (χ3n) is 2.23. The molecule has 1 saturated heterocycles. The Hall–Kier alpha value is -0.120. The first-order chi connectivity index (χ1) is 5.84. The Morgan fingerprint density at radius 2 is 2.42 bits per heavy atom. The van der Waals surface area contributed by atoms with E-state index in [0.717, 1.165) is 32.8 Å². The van der Waals surface area contributed by atoms with E-state index in [1.165, 1.54) is 0 Å². The summed E-state index contributed by atoms with van der Waals surface area (Å²) in [6, 6.07) is 0.533. The van der Waals surface area contributed by atoms with E-state index in [9.17, 15) is 0 Å². The number of rotatable bonds is 5. The Labute approximate surface area is 74.4 Å². The molecule has 1 rings (SSSR count). The van der Waals surface area contributed by atoms with Crippen molar-refractivity contribution in [3.63, 3.8) is 0 Å². The number of hydrogen-bond donors (Lipinski definition) is 1. The first-order valence-corrected chi connectivity index (χ1v) is 4.77. The van der Waals surface area contributed by atoms with Gasteiger partial charge in [-0.2, -0.15) is 0 Å². The highest BCUT2D eigenvalue weighted by molar-refractivity contribution is 4.78. The van der Waals surface area contributed by atoms with Gasteiger partial charge >= 0.3 is 0 Å². The summed E-state index contributed by atoms with van der Waals surface area (Å²) in [5.41, 5.74) is 0. The molecular weight excluding hydrogens is 154 g/mol. The second-order valence-electron chi connectivity index (χ2n) is 3.12. The van der Waals surface area contributed by atoms with Crippen LogP contribution < -0.4 is 5.32 Å². The molecule has 12 heavy (non-hydrogen) atoms. The smallest absolute Gasteiger partial charge is 0.0700 e. The van der Waals surface area contributed by atoms with Crippen LogP contribution in [0.25, 0.3) is 0 Å². The van der Waals surface area contributed by atoms with Crippen LogP contribution >= 0.6 is 0 Å². The van der Waals surface area contributed by atoms with E-state index in [2.05, 4.69) is 12.2 Å². The summed E-state index contributed by atoms with van der Waals surface area (Å²) >= 11 is 0.